The number of nitriles is 1. The number of nitrogens with zero attached hydrogens (tertiary/aromatic N) is 9. The van der Waals surface area contributed by atoms with E-state index in [1.807, 2.05) is 28.7 Å². The Morgan fingerprint density at radius 3 is 1.54 bits per heavy atom. The zero-order chi connectivity index (χ0) is 33.3. The summed E-state index contributed by atoms with van der Waals surface area (Å²) in [5.74, 6) is -5.83. The summed E-state index contributed by atoms with van der Waals surface area (Å²) in [6, 6.07) is 11.9. The van der Waals surface area contributed by atoms with Crippen molar-refractivity contribution >= 4 is 33.6 Å². The Morgan fingerprint density at radius 1 is 0.652 bits per heavy atom. The number of halogens is 7. The molecule has 4 aromatic heterocycles. The summed E-state index contributed by atoms with van der Waals surface area (Å²) < 4.78 is 84.6. The molecule has 0 atom stereocenters. The molecule has 0 radical (unpaired) electrons. The van der Waals surface area contributed by atoms with Crippen molar-refractivity contribution in [3.63, 3.8) is 0 Å². The number of hydrogen-bond acceptors (Lipinski definition) is 7. The predicted molar refractivity (Wildman–Crippen MR) is 152 cm³/mol. The van der Waals surface area contributed by atoms with E-state index in [0.717, 1.165) is 29.8 Å². The maximum atomic E-state index is 13.7. The van der Waals surface area contributed by atoms with Gasteiger partial charge in [0.1, 0.15) is 38.6 Å². The van der Waals surface area contributed by atoms with Crippen molar-refractivity contribution in [2.24, 2.45) is 0 Å². The molecule has 0 aliphatic rings. The Labute approximate surface area is 283 Å². The van der Waals surface area contributed by atoms with Crippen LogP contribution >= 0.6 is 22.6 Å². The standard InChI is InChI=1S/C14H7F3N4.C13H7F3IN3.2CN.Zn/c15-9-3-4-10(16)14(17)8(9)6-13-20-11(7-18)12-2-1-5-19-21(12)13;14-8-3-4-9(15)12(16)7(8)6-11-19-13(17)10-2-1-5-18-20(10)11;2*1-2;/h1-5H,6H2;1-5H,6H2;;;/q;;2*-1;+2. The largest absolute Gasteiger partial charge is 2.00 e. The molecule has 17 heteroatoms. The van der Waals surface area contributed by atoms with Crippen LogP contribution in [-0.2, 0) is 32.3 Å². The van der Waals surface area contributed by atoms with Crippen LogP contribution in [0.5, 0.6) is 0 Å². The van der Waals surface area contributed by atoms with E-state index in [0.29, 0.717) is 15.0 Å². The molecule has 226 valence electrons. The SMILES string of the molecule is Fc1ccc(F)c(Cc2nc(I)c3cccnn23)c1F.N#Cc1nc(Cc2c(F)ccc(F)c2F)n2ncccc12.[C-]#N.[C-]#N.[Zn+2]. The molecular weight excluding hydrogens is 781 g/mol. The van der Waals surface area contributed by atoms with Crippen LogP contribution in [0.25, 0.3) is 11.0 Å². The van der Waals surface area contributed by atoms with Gasteiger partial charge in [-0.15, -0.1) is 0 Å². The third-order valence-electron chi connectivity index (χ3n) is 5.97. The van der Waals surface area contributed by atoms with E-state index in [1.54, 1.807) is 30.5 Å². The topological polar surface area (TPSA) is 132 Å². The first-order chi connectivity index (χ1) is 21.7. The first-order valence-corrected chi connectivity index (χ1v) is 13.2. The summed E-state index contributed by atoms with van der Waals surface area (Å²) in [5.41, 5.74) is 0.457. The van der Waals surface area contributed by atoms with Gasteiger partial charge in [-0.05, 0) is 71.1 Å². The third-order valence-corrected chi connectivity index (χ3v) is 6.76. The van der Waals surface area contributed by atoms with Gasteiger partial charge < -0.3 is 23.7 Å². The molecule has 2 aromatic carbocycles. The van der Waals surface area contributed by atoms with Gasteiger partial charge in [0.15, 0.2) is 29.0 Å². The smallest absolute Gasteiger partial charge is 0.512 e. The maximum Gasteiger partial charge on any atom is 2.00 e. The molecule has 0 saturated heterocycles. The van der Waals surface area contributed by atoms with Gasteiger partial charge in [0.05, 0.1) is 5.52 Å². The van der Waals surface area contributed by atoms with Crippen LogP contribution in [-0.4, -0.2) is 29.2 Å². The van der Waals surface area contributed by atoms with Crippen LogP contribution in [0, 0.1) is 73.6 Å². The zero-order valence-corrected chi connectivity index (χ0v) is 28.2. The second-order valence-corrected chi connectivity index (χ2v) is 9.47. The fraction of sp³-hybridized carbons (Fsp3) is 0.0690. The average Bonchev–Trinajstić information content (AvgIpc) is 3.60. The summed E-state index contributed by atoms with van der Waals surface area (Å²) in [6.45, 7) is 9.50. The van der Waals surface area contributed by atoms with Gasteiger partial charge in [-0.25, -0.2) is 45.3 Å². The molecule has 0 aliphatic heterocycles. The molecule has 0 aliphatic carbocycles. The van der Waals surface area contributed by atoms with Crippen LogP contribution in [0.3, 0.4) is 0 Å². The molecule has 9 nitrogen and oxygen atoms in total. The van der Waals surface area contributed by atoms with Crippen LogP contribution in [0.2, 0.25) is 0 Å². The number of fused-ring (bicyclic) bond motifs is 2. The molecule has 0 saturated carbocycles. The van der Waals surface area contributed by atoms with Gasteiger partial charge in [0.2, 0.25) is 0 Å². The second-order valence-electron chi connectivity index (χ2n) is 8.45. The van der Waals surface area contributed by atoms with E-state index >= 15 is 0 Å². The molecule has 6 aromatic rings. The van der Waals surface area contributed by atoms with Crippen molar-refractivity contribution in [3.8, 4) is 6.07 Å². The van der Waals surface area contributed by atoms with E-state index in [4.69, 9.17) is 28.9 Å². The van der Waals surface area contributed by atoms with E-state index in [1.165, 1.54) is 15.2 Å². The van der Waals surface area contributed by atoms with E-state index < -0.39 is 40.5 Å². The van der Waals surface area contributed by atoms with Gasteiger partial charge in [0.25, 0.3) is 0 Å². The van der Waals surface area contributed by atoms with Crippen molar-refractivity contribution in [1.29, 1.82) is 15.8 Å². The zero-order valence-electron chi connectivity index (χ0n) is 23.1. The van der Waals surface area contributed by atoms with Gasteiger partial charge >= 0.3 is 19.5 Å². The minimum atomic E-state index is -1.26. The van der Waals surface area contributed by atoms with Crippen LogP contribution in [0.15, 0.2) is 60.9 Å². The molecule has 0 unspecified atom stereocenters. The maximum absolute atomic E-state index is 13.7. The summed E-state index contributed by atoms with van der Waals surface area (Å²) in [5, 5.41) is 29.6. The molecule has 0 N–H and O–H groups in total. The normalized spacial score (nSPS) is 9.87. The van der Waals surface area contributed by atoms with Crippen molar-refractivity contribution in [2.75, 3.05) is 0 Å². The monoisotopic (exact) mass is 793 g/mol. The summed E-state index contributed by atoms with van der Waals surface area (Å²) >= 11 is 2.01. The molecule has 46 heavy (non-hydrogen) atoms. The second kappa shape index (κ2) is 17.0. The first kappa shape index (κ1) is 37.3. The Hall–Kier alpha value is -4.92. The minimum Gasteiger partial charge on any atom is -0.512 e. The molecule has 0 bridgehead atoms. The fourth-order valence-corrected chi connectivity index (χ4v) is 4.72. The number of hydrogen-bond donors (Lipinski definition) is 0. The molecule has 0 spiro atoms. The van der Waals surface area contributed by atoms with Crippen molar-refractivity contribution in [3.05, 3.63) is 141 Å². The van der Waals surface area contributed by atoms with Crippen LogP contribution in [0.4, 0.5) is 26.3 Å². The Morgan fingerprint density at radius 2 is 1.07 bits per heavy atom. The number of benzene rings is 2. The molecule has 0 amide bonds. The van der Waals surface area contributed by atoms with Gasteiger partial charge in [-0.1, -0.05) is 0 Å². The minimum absolute atomic E-state index is 0. The molecule has 4 heterocycles. The first-order valence-electron chi connectivity index (χ1n) is 12.1. The Bertz CT molecular complexity index is 2070. The number of aromatic nitrogens is 6. The summed E-state index contributed by atoms with van der Waals surface area (Å²) in [4.78, 5) is 8.23. The quantitative estimate of drug-likeness (QED) is 0.0689. The summed E-state index contributed by atoms with van der Waals surface area (Å²) in [6.07, 6.45) is 2.52. The van der Waals surface area contributed by atoms with Crippen molar-refractivity contribution in [2.45, 2.75) is 12.8 Å². The Kier molecular flexibility index (Phi) is 13.7. The number of imidazole rings is 2. The fourth-order valence-electron chi connectivity index (χ4n) is 4.03. The third kappa shape index (κ3) is 7.83. The van der Waals surface area contributed by atoms with Gasteiger partial charge in [-0.2, -0.15) is 15.5 Å². The van der Waals surface area contributed by atoms with Crippen LogP contribution in [0.1, 0.15) is 28.5 Å². The van der Waals surface area contributed by atoms with Crippen molar-refractivity contribution in [1.82, 2.24) is 29.2 Å². The summed E-state index contributed by atoms with van der Waals surface area (Å²) in [7, 11) is 0. The Balaban J connectivity index is 0.000000284. The molecule has 0 fully saturated rings. The average molecular weight is 795 g/mol. The van der Waals surface area contributed by atoms with Crippen LogP contribution < -0.4 is 0 Å². The van der Waals surface area contributed by atoms with E-state index in [2.05, 4.69) is 20.2 Å². The van der Waals surface area contributed by atoms with Gasteiger partial charge in [-0.3, -0.25) is 0 Å². The number of rotatable bonds is 4. The van der Waals surface area contributed by atoms with E-state index in [-0.39, 0.29) is 49.4 Å². The molecular formula is C29H14F6IN9Zn. The van der Waals surface area contributed by atoms with Gasteiger partial charge in [0, 0.05) is 36.4 Å². The van der Waals surface area contributed by atoms with E-state index in [9.17, 15) is 26.3 Å². The predicted octanol–water partition coefficient (Wildman–Crippen LogP) is 6.14. The molecule has 6 rings (SSSR count). The van der Waals surface area contributed by atoms with Crippen molar-refractivity contribution < 1.29 is 45.8 Å².